The number of rotatable bonds is 8. The monoisotopic (exact) mass is 448 g/mol. The van der Waals surface area contributed by atoms with E-state index in [1.807, 2.05) is 36.9 Å². The lowest BCUT2D eigenvalue weighted by Crippen LogP contribution is -2.17. The average Bonchev–Trinajstić information content (AvgIpc) is 3.45. The van der Waals surface area contributed by atoms with Crippen LogP contribution >= 0.6 is 11.3 Å². The first kappa shape index (κ1) is 21.9. The number of imidazole rings is 1. The maximum Gasteiger partial charge on any atom is 0.190 e. The summed E-state index contributed by atoms with van der Waals surface area (Å²) in [5, 5.41) is 2.16. The highest BCUT2D eigenvalue weighted by molar-refractivity contribution is 7.07. The summed E-state index contributed by atoms with van der Waals surface area (Å²) in [4.78, 5) is 10.1. The van der Waals surface area contributed by atoms with Crippen LogP contribution in [-0.4, -0.2) is 28.3 Å². The van der Waals surface area contributed by atoms with E-state index in [0.717, 1.165) is 52.8 Å². The molecule has 2 heterocycles. The smallest absolute Gasteiger partial charge is 0.190 e. The molecule has 32 heavy (non-hydrogen) atoms. The quantitative estimate of drug-likeness (QED) is 0.364. The third-order valence-corrected chi connectivity index (χ3v) is 6.27. The van der Waals surface area contributed by atoms with Crippen molar-refractivity contribution in [2.45, 2.75) is 33.4 Å². The first-order chi connectivity index (χ1) is 15.6. The molecule has 0 saturated heterocycles. The first-order valence-corrected chi connectivity index (χ1v) is 11.5. The molecule has 0 spiro atoms. The van der Waals surface area contributed by atoms with Gasteiger partial charge in [-0.1, -0.05) is 17.7 Å². The zero-order valence-electron chi connectivity index (χ0n) is 18.9. The largest absolute Gasteiger partial charge is 0.497 e. The second kappa shape index (κ2) is 9.87. The van der Waals surface area contributed by atoms with Gasteiger partial charge in [0, 0.05) is 42.5 Å². The van der Waals surface area contributed by atoms with Crippen LogP contribution in [0, 0.1) is 13.8 Å². The molecular formula is C25H28N4O2S. The summed E-state index contributed by atoms with van der Waals surface area (Å²) < 4.78 is 15.5. The minimum atomic E-state index is 0.771. The topological polar surface area (TPSA) is 53.6 Å². The van der Waals surface area contributed by atoms with Gasteiger partial charge in [-0.2, -0.15) is 0 Å². The van der Waals surface area contributed by atoms with Gasteiger partial charge in [0.1, 0.15) is 11.5 Å². The Bertz CT molecular complexity index is 1260. The van der Waals surface area contributed by atoms with Gasteiger partial charge in [-0.3, -0.25) is 0 Å². The van der Waals surface area contributed by atoms with E-state index in [1.165, 1.54) is 11.1 Å². The van der Waals surface area contributed by atoms with Crippen molar-refractivity contribution in [2.24, 2.45) is 4.99 Å². The summed E-state index contributed by atoms with van der Waals surface area (Å²) >= 11 is 1.65. The molecule has 0 radical (unpaired) electrons. The summed E-state index contributed by atoms with van der Waals surface area (Å²) in [6.07, 6.45) is 6.62. The van der Waals surface area contributed by atoms with E-state index in [-0.39, 0.29) is 0 Å². The zero-order valence-corrected chi connectivity index (χ0v) is 19.7. The second-order valence-electron chi connectivity index (χ2n) is 7.68. The number of hydrogen-bond acceptors (Lipinski definition) is 5. The van der Waals surface area contributed by atoms with Crippen molar-refractivity contribution in [3.63, 3.8) is 0 Å². The van der Waals surface area contributed by atoms with E-state index in [4.69, 9.17) is 14.5 Å². The minimum absolute atomic E-state index is 0.771. The van der Waals surface area contributed by atoms with Crippen molar-refractivity contribution in [2.75, 3.05) is 14.2 Å². The van der Waals surface area contributed by atoms with Gasteiger partial charge >= 0.3 is 0 Å². The van der Waals surface area contributed by atoms with E-state index in [2.05, 4.69) is 51.5 Å². The molecule has 2 aromatic heterocycles. The van der Waals surface area contributed by atoms with Crippen molar-refractivity contribution < 1.29 is 9.47 Å². The van der Waals surface area contributed by atoms with Crippen molar-refractivity contribution in [1.82, 2.24) is 14.1 Å². The molecule has 0 saturated carbocycles. The molecular weight excluding hydrogens is 420 g/mol. The van der Waals surface area contributed by atoms with E-state index >= 15 is 0 Å². The molecule has 166 valence electrons. The molecule has 2 aromatic carbocycles. The summed E-state index contributed by atoms with van der Waals surface area (Å²) in [7, 11) is 3.35. The standard InChI is InChI=1S/C25H28N4O2S/c1-18-6-9-22(19(2)14-18)27-25-29(12-5-11-28-13-10-26-17-28)23(16-32-25)21-8-7-20(30-3)15-24(21)31-4/h6-10,13-17H,5,11-12H2,1-4H3. The van der Waals surface area contributed by atoms with Gasteiger partial charge in [-0.05, 0) is 44.0 Å². The summed E-state index contributed by atoms with van der Waals surface area (Å²) in [6, 6.07) is 12.3. The number of aryl methyl sites for hydroxylation is 3. The van der Waals surface area contributed by atoms with Crippen molar-refractivity contribution in [3.05, 3.63) is 76.4 Å². The molecule has 0 fully saturated rings. The lowest BCUT2D eigenvalue weighted by Gasteiger charge is -2.14. The number of methoxy groups -OCH3 is 2. The average molecular weight is 449 g/mol. The van der Waals surface area contributed by atoms with Crippen molar-refractivity contribution in [3.8, 4) is 22.8 Å². The molecule has 4 aromatic rings. The Morgan fingerprint density at radius 1 is 1.03 bits per heavy atom. The number of benzene rings is 2. The Morgan fingerprint density at radius 2 is 1.91 bits per heavy atom. The normalized spacial score (nSPS) is 11.7. The molecule has 4 rings (SSSR count). The predicted octanol–water partition coefficient (Wildman–Crippen LogP) is 5.37. The van der Waals surface area contributed by atoms with Gasteiger partial charge in [-0.25, -0.2) is 9.98 Å². The van der Waals surface area contributed by atoms with Crippen LogP contribution in [0.3, 0.4) is 0 Å². The van der Waals surface area contributed by atoms with Gasteiger partial charge < -0.3 is 18.6 Å². The number of thiazole rings is 1. The van der Waals surface area contributed by atoms with Crippen molar-refractivity contribution in [1.29, 1.82) is 0 Å². The Morgan fingerprint density at radius 3 is 2.62 bits per heavy atom. The lowest BCUT2D eigenvalue weighted by molar-refractivity contribution is 0.395. The lowest BCUT2D eigenvalue weighted by atomic mass is 10.1. The Hall–Kier alpha value is -3.32. The SMILES string of the molecule is COc1ccc(-c2csc(=Nc3ccc(C)cc3C)n2CCCn2ccnc2)c(OC)c1. The van der Waals surface area contributed by atoms with Crippen LogP contribution in [0.25, 0.3) is 11.3 Å². The van der Waals surface area contributed by atoms with Crippen molar-refractivity contribution >= 4 is 17.0 Å². The highest BCUT2D eigenvalue weighted by atomic mass is 32.1. The molecule has 0 bridgehead atoms. The fourth-order valence-corrected chi connectivity index (χ4v) is 4.66. The summed E-state index contributed by atoms with van der Waals surface area (Å²) in [6.45, 7) is 5.93. The number of ether oxygens (including phenoxy) is 2. The van der Waals surface area contributed by atoms with Crippen LogP contribution in [0.5, 0.6) is 11.5 Å². The number of hydrogen-bond donors (Lipinski definition) is 0. The van der Waals surface area contributed by atoms with E-state index in [0.29, 0.717) is 0 Å². The second-order valence-corrected chi connectivity index (χ2v) is 8.51. The summed E-state index contributed by atoms with van der Waals surface area (Å²) in [5.74, 6) is 1.55. The Balaban J connectivity index is 1.77. The molecule has 6 nitrogen and oxygen atoms in total. The highest BCUT2D eigenvalue weighted by Crippen LogP contribution is 2.34. The van der Waals surface area contributed by atoms with E-state index in [1.54, 1.807) is 25.6 Å². The predicted molar refractivity (Wildman–Crippen MR) is 129 cm³/mol. The first-order valence-electron chi connectivity index (χ1n) is 10.6. The van der Waals surface area contributed by atoms with Crippen LogP contribution < -0.4 is 14.3 Å². The minimum Gasteiger partial charge on any atom is -0.497 e. The van der Waals surface area contributed by atoms with E-state index in [9.17, 15) is 0 Å². The zero-order chi connectivity index (χ0) is 22.5. The van der Waals surface area contributed by atoms with Gasteiger partial charge in [0.2, 0.25) is 0 Å². The van der Waals surface area contributed by atoms with Crippen LogP contribution in [-0.2, 0) is 13.1 Å². The van der Waals surface area contributed by atoms with Crippen LogP contribution in [0.1, 0.15) is 17.5 Å². The van der Waals surface area contributed by atoms with Gasteiger partial charge in [0.15, 0.2) is 4.80 Å². The fourth-order valence-electron chi connectivity index (χ4n) is 3.72. The summed E-state index contributed by atoms with van der Waals surface area (Å²) in [5.41, 5.74) is 5.52. The maximum atomic E-state index is 5.69. The molecule has 0 aliphatic rings. The van der Waals surface area contributed by atoms with Gasteiger partial charge in [0.25, 0.3) is 0 Å². The Kier molecular flexibility index (Phi) is 6.75. The fraction of sp³-hybridized carbons (Fsp3) is 0.280. The van der Waals surface area contributed by atoms with Crippen LogP contribution in [0.15, 0.2) is 65.5 Å². The van der Waals surface area contributed by atoms with E-state index < -0.39 is 0 Å². The van der Waals surface area contributed by atoms with Crippen LogP contribution in [0.2, 0.25) is 0 Å². The molecule has 0 amide bonds. The molecule has 0 atom stereocenters. The molecule has 0 aliphatic carbocycles. The third-order valence-electron chi connectivity index (χ3n) is 5.41. The molecule has 0 N–H and O–H groups in total. The highest BCUT2D eigenvalue weighted by Gasteiger charge is 2.14. The number of nitrogens with zero attached hydrogens (tertiary/aromatic N) is 4. The molecule has 0 unspecified atom stereocenters. The van der Waals surface area contributed by atoms with Gasteiger partial charge in [-0.15, -0.1) is 11.3 Å². The molecule has 7 heteroatoms. The molecule has 0 aliphatic heterocycles. The van der Waals surface area contributed by atoms with Gasteiger partial charge in [0.05, 0.1) is 31.9 Å². The number of aromatic nitrogens is 3. The maximum absolute atomic E-state index is 5.69. The Labute approximate surface area is 192 Å². The van der Waals surface area contributed by atoms with Crippen LogP contribution in [0.4, 0.5) is 5.69 Å². The third kappa shape index (κ3) is 4.78.